The van der Waals surface area contributed by atoms with E-state index in [9.17, 15) is 9.59 Å². The minimum atomic E-state index is -0.296. The lowest BCUT2D eigenvalue weighted by atomic mass is 10.1. The predicted molar refractivity (Wildman–Crippen MR) is 58.9 cm³/mol. The monoisotopic (exact) mass is 205 g/mol. The van der Waals surface area contributed by atoms with Crippen LogP contribution >= 0.6 is 0 Å². The molecule has 3 nitrogen and oxygen atoms in total. The van der Waals surface area contributed by atoms with Crippen molar-refractivity contribution in [2.24, 2.45) is 0 Å². The Morgan fingerprint density at radius 3 is 2.20 bits per heavy atom. The molecular formula is C12H15NO2. The topological polar surface area (TPSA) is 46.2 Å². The zero-order valence-corrected chi connectivity index (χ0v) is 9.26. The lowest BCUT2D eigenvalue weighted by molar-refractivity contribution is 0.0879. The number of aryl methyl sites for hydroxylation is 1. The first-order chi connectivity index (χ1) is 7.10. The van der Waals surface area contributed by atoms with Gasteiger partial charge in [-0.25, -0.2) is 0 Å². The first-order valence-corrected chi connectivity index (χ1v) is 5.06. The fraction of sp³-hybridized carbons (Fsp3) is 0.333. The maximum absolute atomic E-state index is 11.1. The molecule has 1 aliphatic heterocycles. The molecule has 1 heterocycles. The van der Waals surface area contributed by atoms with E-state index in [0.29, 0.717) is 11.1 Å². The minimum absolute atomic E-state index is 0.293. The molecule has 0 bridgehead atoms. The summed E-state index contributed by atoms with van der Waals surface area (Å²) in [5.41, 5.74) is 1.95. The highest BCUT2D eigenvalue weighted by Gasteiger charge is 2.25. The summed E-state index contributed by atoms with van der Waals surface area (Å²) in [6, 6.07) is 5.21. The van der Waals surface area contributed by atoms with Gasteiger partial charge >= 0.3 is 0 Å². The Morgan fingerprint density at radius 2 is 1.60 bits per heavy atom. The van der Waals surface area contributed by atoms with Gasteiger partial charge in [0.15, 0.2) is 0 Å². The van der Waals surface area contributed by atoms with Gasteiger partial charge in [-0.15, -0.1) is 0 Å². The second-order valence-electron chi connectivity index (χ2n) is 3.54. The van der Waals surface area contributed by atoms with Crippen molar-refractivity contribution in [3.63, 3.8) is 0 Å². The first kappa shape index (κ1) is 11.4. The van der Waals surface area contributed by atoms with Gasteiger partial charge in [0.05, 0.1) is 11.1 Å². The second-order valence-corrected chi connectivity index (χ2v) is 3.54. The average molecular weight is 205 g/mol. The quantitative estimate of drug-likeness (QED) is 0.660. The average Bonchev–Trinajstić information content (AvgIpc) is 2.43. The van der Waals surface area contributed by atoms with Gasteiger partial charge < -0.3 is 0 Å². The fourth-order valence-electron chi connectivity index (χ4n) is 1.28. The maximum atomic E-state index is 11.1. The van der Waals surface area contributed by atoms with Crippen LogP contribution in [0, 0.1) is 6.92 Å². The van der Waals surface area contributed by atoms with Crippen LogP contribution in [0.3, 0.4) is 0 Å². The number of rotatable bonds is 0. The highest BCUT2D eigenvalue weighted by atomic mass is 16.2. The zero-order chi connectivity index (χ0) is 11.4. The molecule has 0 unspecified atom stereocenters. The molecule has 0 fully saturated rings. The van der Waals surface area contributed by atoms with Crippen LogP contribution in [0.1, 0.15) is 46.5 Å². The van der Waals surface area contributed by atoms with Crippen LogP contribution in [-0.4, -0.2) is 11.8 Å². The molecule has 0 atom stereocenters. The van der Waals surface area contributed by atoms with Crippen molar-refractivity contribution in [3.8, 4) is 0 Å². The van der Waals surface area contributed by atoms with E-state index in [1.54, 1.807) is 12.1 Å². The molecule has 1 aromatic carbocycles. The predicted octanol–water partition coefficient (Wildman–Crippen LogP) is 2.29. The lowest BCUT2D eigenvalue weighted by Gasteiger charge is -1.94. The summed E-state index contributed by atoms with van der Waals surface area (Å²) in [6.07, 6.45) is 1.25. The Labute approximate surface area is 89.5 Å². The number of imide groups is 1. The fourth-order valence-corrected chi connectivity index (χ4v) is 1.28. The summed E-state index contributed by atoms with van der Waals surface area (Å²) < 4.78 is 0. The molecule has 0 saturated heterocycles. The summed E-state index contributed by atoms with van der Waals surface area (Å²) in [6.45, 7) is 6.14. The molecule has 80 valence electrons. The van der Waals surface area contributed by atoms with Gasteiger partial charge in [0.25, 0.3) is 11.8 Å². The number of carbonyl (C=O) groups excluding carboxylic acids is 2. The third kappa shape index (κ3) is 2.43. The van der Waals surface area contributed by atoms with E-state index in [2.05, 4.69) is 19.2 Å². The van der Waals surface area contributed by atoms with E-state index in [-0.39, 0.29) is 11.8 Å². The Bertz CT molecular complexity index is 397. The summed E-state index contributed by atoms with van der Waals surface area (Å²) in [4.78, 5) is 22.2. The zero-order valence-electron chi connectivity index (χ0n) is 9.26. The van der Waals surface area contributed by atoms with Crippen molar-refractivity contribution in [1.29, 1.82) is 0 Å². The number of fused-ring (bicyclic) bond motifs is 1. The van der Waals surface area contributed by atoms with Crippen LogP contribution < -0.4 is 5.32 Å². The van der Waals surface area contributed by atoms with Crippen molar-refractivity contribution in [1.82, 2.24) is 5.32 Å². The highest BCUT2D eigenvalue weighted by molar-refractivity contribution is 6.21. The first-order valence-electron chi connectivity index (χ1n) is 5.06. The molecule has 15 heavy (non-hydrogen) atoms. The highest BCUT2D eigenvalue weighted by Crippen LogP contribution is 2.16. The van der Waals surface area contributed by atoms with Crippen molar-refractivity contribution >= 4 is 11.8 Å². The maximum Gasteiger partial charge on any atom is 0.258 e. The van der Waals surface area contributed by atoms with Gasteiger partial charge in [0.1, 0.15) is 0 Å². The van der Waals surface area contributed by atoms with Crippen LogP contribution in [0.5, 0.6) is 0 Å². The Kier molecular flexibility index (Phi) is 3.61. The molecule has 1 aromatic rings. The molecule has 0 aliphatic carbocycles. The Hall–Kier alpha value is -1.64. The standard InChI is InChI=1S/C9H7NO2.C3H8/c1-5-2-3-6-7(4-5)9(12)10-8(6)11;1-3-2/h2-4H,1H3,(H,10,11,12);3H2,1-2H3. The molecule has 0 radical (unpaired) electrons. The van der Waals surface area contributed by atoms with Gasteiger partial charge in [-0.1, -0.05) is 31.9 Å². The summed E-state index contributed by atoms with van der Waals surface area (Å²) >= 11 is 0. The van der Waals surface area contributed by atoms with Crippen molar-refractivity contribution in [2.45, 2.75) is 27.2 Å². The van der Waals surface area contributed by atoms with Gasteiger partial charge in [0.2, 0.25) is 0 Å². The third-order valence-corrected chi connectivity index (χ3v) is 1.89. The largest absolute Gasteiger partial charge is 0.288 e. The van der Waals surface area contributed by atoms with E-state index in [1.807, 2.05) is 13.0 Å². The smallest absolute Gasteiger partial charge is 0.258 e. The molecule has 1 N–H and O–H groups in total. The van der Waals surface area contributed by atoms with Gasteiger partial charge in [0, 0.05) is 0 Å². The number of carbonyl (C=O) groups is 2. The molecule has 2 amide bonds. The summed E-state index contributed by atoms with van der Waals surface area (Å²) in [5, 5.41) is 2.23. The normalized spacial score (nSPS) is 12.7. The molecular weight excluding hydrogens is 190 g/mol. The molecule has 1 aliphatic rings. The van der Waals surface area contributed by atoms with Crippen LogP contribution in [0.4, 0.5) is 0 Å². The second kappa shape index (κ2) is 4.73. The van der Waals surface area contributed by atoms with Crippen molar-refractivity contribution in [3.05, 3.63) is 34.9 Å². The van der Waals surface area contributed by atoms with E-state index < -0.39 is 0 Å². The number of benzene rings is 1. The van der Waals surface area contributed by atoms with E-state index in [0.717, 1.165) is 5.56 Å². The SMILES string of the molecule is CCC.Cc1ccc2c(c1)C(=O)NC2=O. The molecule has 0 spiro atoms. The number of hydrogen-bond donors (Lipinski definition) is 1. The minimum Gasteiger partial charge on any atom is -0.288 e. The van der Waals surface area contributed by atoms with E-state index in [4.69, 9.17) is 0 Å². The lowest BCUT2D eigenvalue weighted by Crippen LogP contribution is -2.19. The third-order valence-electron chi connectivity index (χ3n) is 1.89. The summed E-state index contributed by atoms with van der Waals surface area (Å²) in [5.74, 6) is -0.589. The van der Waals surface area contributed by atoms with Crippen LogP contribution in [0.2, 0.25) is 0 Å². The Morgan fingerprint density at radius 1 is 1.07 bits per heavy atom. The Balaban J connectivity index is 0.000000337. The molecule has 0 aromatic heterocycles. The number of hydrogen-bond acceptors (Lipinski definition) is 2. The van der Waals surface area contributed by atoms with E-state index in [1.165, 1.54) is 6.42 Å². The van der Waals surface area contributed by atoms with Gasteiger partial charge in [-0.05, 0) is 19.1 Å². The van der Waals surface area contributed by atoms with Gasteiger partial charge in [-0.2, -0.15) is 0 Å². The molecule has 2 rings (SSSR count). The summed E-state index contributed by atoms with van der Waals surface area (Å²) in [7, 11) is 0. The van der Waals surface area contributed by atoms with Crippen LogP contribution in [-0.2, 0) is 0 Å². The van der Waals surface area contributed by atoms with Gasteiger partial charge in [-0.3, -0.25) is 14.9 Å². The van der Waals surface area contributed by atoms with Crippen LogP contribution in [0.15, 0.2) is 18.2 Å². The molecule has 3 heteroatoms. The van der Waals surface area contributed by atoms with E-state index >= 15 is 0 Å². The molecule has 0 saturated carbocycles. The van der Waals surface area contributed by atoms with Crippen molar-refractivity contribution in [2.75, 3.05) is 0 Å². The van der Waals surface area contributed by atoms with Crippen LogP contribution in [0.25, 0.3) is 0 Å². The van der Waals surface area contributed by atoms with Crippen molar-refractivity contribution < 1.29 is 9.59 Å². The number of amides is 2. The number of nitrogens with one attached hydrogen (secondary N) is 1.